The van der Waals surface area contributed by atoms with Gasteiger partial charge in [-0.3, -0.25) is 9.48 Å². The van der Waals surface area contributed by atoms with Gasteiger partial charge in [0.05, 0.1) is 5.02 Å². The SMILES string of the molecule is CCCCCCNC(=O)c1nn(CC)cc1Cl. The van der Waals surface area contributed by atoms with Gasteiger partial charge in [-0.2, -0.15) is 5.10 Å². The van der Waals surface area contributed by atoms with E-state index in [2.05, 4.69) is 17.3 Å². The van der Waals surface area contributed by atoms with Crippen molar-refractivity contribution in [1.29, 1.82) is 0 Å². The van der Waals surface area contributed by atoms with Crippen molar-refractivity contribution in [2.45, 2.75) is 46.1 Å². The van der Waals surface area contributed by atoms with Crippen LogP contribution in [0.3, 0.4) is 0 Å². The molecule has 0 atom stereocenters. The summed E-state index contributed by atoms with van der Waals surface area (Å²) in [7, 11) is 0. The Balaban J connectivity index is 2.38. The second-order valence-electron chi connectivity index (χ2n) is 4.00. The second kappa shape index (κ2) is 7.33. The Morgan fingerprint density at radius 3 is 2.76 bits per heavy atom. The lowest BCUT2D eigenvalue weighted by atomic mass is 10.2. The molecule has 0 aliphatic carbocycles. The van der Waals surface area contributed by atoms with Gasteiger partial charge in [-0.25, -0.2) is 0 Å². The van der Waals surface area contributed by atoms with Gasteiger partial charge < -0.3 is 5.32 Å². The summed E-state index contributed by atoms with van der Waals surface area (Å²) in [4.78, 5) is 11.8. The third-order valence-corrected chi connectivity index (χ3v) is 2.85. The topological polar surface area (TPSA) is 46.9 Å². The summed E-state index contributed by atoms with van der Waals surface area (Å²) in [6, 6.07) is 0. The largest absolute Gasteiger partial charge is 0.351 e. The van der Waals surface area contributed by atoms with E-state index in [1.807, 2.05) is 6.92 Å². The van der Waals surface area contributed by atoms with Gasteiger partial charge in [-0.15, -0.1) is 0 Å². The zero-order valence-corrected chi connectivity index (χ0v) is 11.3. The minimum Gasteiger partial charge on any atom is -0.351 e. The van der Waals surface area contributed by atoms with E-state index in [-0.39, 0.29) is 5.91 Å². The van der Waals surface area contributed by atoms with Crippen LogP contribution in [0.4, 0.5) is 0 Å². The first-order valence-electron chi connectivity index (χ1n) is 6.20. The number of halogens is 1. The van der Waals surface area contributed by atoms with Gasteiger partial charge in [-0.1, -0.05) is 37.8 Å². The number of aryl methyl sites for hydroxylation is 1. The lowest BCUT2D eigenvalue weighted by molar-refractivity contribution is 0.0947. The van der Waals surface area contributed by atoms with Gasteiger partial charge in [-0.05, 0) is 13.3 Å². The van der Waals surface area contributed by atoms with Crippen molar-refractivity contribution in [2.75, 3.05) is 6.54 Å². The Labute approximate surface area is 107 Å². The molecule has 1 aromatic heterocycles. The van der Waals surface area contributed by atoms with E-state index >= 15 is 0 Å². The van der Waals surface area contributed by atoms with Crippen LogP contribution < -0.4 is 5.32 Å². The maximum atomic E-state index is 11.8. The quantitative estimate of drug-likeness (QED) is 0.764. The molecule has 0 unspecified atom stereocenters. The smallest absolute Gasteiger partial charge is 0.273 e. The highest BCUT2D eigenvalue weighted by molar-refractivity contribution is 6.33. The van der Waals surface area contributed by atoms with Gasteiger partial charge >= 0.3 is 0 Å². The predicted octanol–water partition coefficient (Wildman–Crippen LogP) is 2.87. The van der Waals surface area contributed by atoms with Gasteiger partial charge in [0.15, 0.2) is 5.69 Å². The first kappa shape index (κ1) is 14.0. The standard InChI is InChI=1S/C12H20ClN3O/c1-3-5-6-7-8-14-12(17)11-10(13)9-16(4-2)15-11/h9H,3-8H2,1-2H3,(H,14,17). The predicted molar refractivity (Wildman–Crippen MR) is 69.4 cm³/mol. The number of nitrogens with zero attached hydrogens (tertiary/aromatic N) is 2. The van der Waals surface area contributed by atoms with E-state index in [0.717, 1.165) is 12.8 Å². The zero-order chi connectivity index (χ0) is 12.7. The van der Waals surface area contributed by atoms with Crippen LogP contribution in [0.2, 0.25) is 5.02 Å². The highest BCUT2D eigenvalue weighted by Crippen LogP contribution is 2.13. The summed E-state index contributed by atoms with van der Waals surface area (Å²) in [5.74, 6) is -0.182. The maximum Gasteiger partial charge on any atom is 0.273 e. The maximum absolute atomic E-state index is 11.8. The number of carbonyl (C=O) groups excluding carboxylic acids is 1. The molecule has 0 radical (unpaired) electrons. The van der Waals surface area contributed by atoms with Gasteiger partial charge in [0.2, 0.25) is 0 Å². The van der Waals surface area contributed by atoms with E-state index in [0.29, 0.717) is 23.8 Å². The van der Waals surface area contributed by atoms with Crippen molar-refractivity contribution in [3.8, 4) is 0 Å². The summed E-state index contributed by atoms with van der Waals surface area (Å²) in [5, 5.41) is 7.37. The van der Waals surface area contributed by atoms with E-state index in [4.69, 9.17) is 11.6 Å². The van der Waals surface area contributed by atoms with Crippen LogP contribution in [-0.2, 0) is 6.54 Å². The Morgan fingerprint density at radius 2 is 2.18 bits per heavy atom. The van der Waals surface area contributed by atoms with Crippen LogP contribution in [0.25, 0.3) is 0 Å². The molecule has 0 bridgehead atoms. The Morgan fingerprint density at radius 1 is 1.41 bits per heavy atom. The molecule has 5 heteroatoms. The van der Waals surface area contributed by atoms with Crippen LogP contribution in [-0.4, -0.2) is 22.2 Å². The normalized spacial score (nSPS) is 10.5. The molecule has 0 fully saturated rings. The molecular weight excluding hydrogens is 238 g/mol. The number of hydrogen-bond acceptors (Lipinski definition) is 2. The van der Waals surface area contributed by atoms with Crippen LogP contribution in [0, 0.1) is 0 Å². The Bertz CT molecular complexity index is 363. The van der Waals surface area contributed by atoms with E-state index < -0.39 is 0 Å². The molecule has 0 saturated heterocycles. The fourth-order valence-electron chi connectivity index (χ4n) is 1.55. The summed E-state index contributed by atoms with van der Waals surface area (Å²) in [6.45, 7) is 5.52. The van der Waals surface area contributed by atoms with Crippen molar-refractivity contribution in [3.63, 3.8) is 0 Å². The fourth-order valence-corrected chi connectivity index (χ4v) is 1.79. The molecule has 4 nitrogen and oxygen atoms in total. The number of rotatable bonds is 7. The molecular formula is C12H20ClN3O. The summed E-state index contributed by atoms with van der Waals surface area (Å²) in [6.07, 6.45) is 6.23. The van der Waals surface area contributed by atoms with Gasteiger partial charge in [0.1, 0.15) is 0 Å². The molecule has 0 aliphatic rings. The molecule has 0 spiro atoms. The number of hydrogen-bond donors (Lipinski definition) is 1. The monoisotopic (exact) mass is 257 g/mol. The molecule has 1 amide bonds. The van der Waals surface area contributed by atoms with Crippen molar-refractivity contribution in [2.24, 2.45) is 0 Å². The Kier molecular flexibility index (Phi) is 6.05. The van der Waals surface area contributed by atoms with Crippen molar-refractivity contribution in [1.82, 2.24) is 15.1 Å². The van der Waals surface area contributed by atoms with Gasteiger partial charge in [0, 0.05) is 19.3 Å². The van der Waals surface area contributed by atoms with Crippen LogP contribution in [0.1, 0.15) is 50.0 Å². The number of unbranched alkanes of at least 4 members (excludes halogenated alkanes) is 3. The molecule has 0 aromatic carbocycles. The summed E-state index contributed by atoms with van der Waals surface area (Å²) >= 11 is 5.94. The molecule has 0 saturated carbocycles. The highest BCUT2D eigenvalue weighted by atomic mass is 35.5. The van der Waals surface area contributed by atoms with Crippen LogP contribution in [0.5, 0.6) is 0 Å². The lowest BCUT2D eigenvalue weighted by Crippen LogP contribution is -2.25. The summed E-state index contributed by atoms with van der Waals surface area (Å²) < 4.78 is 1.66. The minimum absolute atomic E-state index is 0.182. The Hall–Kier alpha value is -1.03. The molecule has 17 heavy (non-hydrogen) atoms. The third-order valence-electron chi connectivity index (χ3n) is 2.57. The third kappa shape index (κ3) is 4.38. The molecule has 1 rings (SSSR count). The number of aromatic nitrogens is 2. The summed E-state index contributed by atoms with van der Waals surface area (Å²) in [5.41, 5.74) is 0.323. The first-order chi connectivity index (χ1) is 8.19. The molecule has 1 heterocycles. The average Bonchev–Trinajstić information content (AvgIpc) is 2.70. The van der Waals surface area contributed by atoms with Crippen molar-refractivity contribution in [3.05, 3.63) is 16.9 Å². The zero-order valence-electron chi connectivity index (χ0n) is 10.5. The number of carbonyl (C=O) groups is 1. The van der Waals surface area contributed by atoms with Crippen LogP contribution >= 0.6 is 11.6 Å². The van der Waals surface area contributed by atoms with E-state index in [1.54, 1.807) is 10.9 Å². The number of amides is 1. The lowest BCUT2D eigenvalue weighted by Gasteiger charge is -2.02. The van der Waals surface area contributed by atoms with Crippen LogP contribution in [0.15, 0.2) is 6.20 Å². The highest BCUT2D eigenvalue weighted by Gasteiger charge is 2.14. The van der Waals surface area contributed by atoms with E-state index in [9.17, 15) is 4.79 Å². The van der Waals surface area contributed by atoms with E-state index in [1.165, 1.54) is 12.8 Å². The van der Waals surface area contributed by atoms with Crippen molar-refractivity contribution >= 4 is 17.5 Å². The average molecular weight is 258 g/mol. The van der Waals surface area contributed by atoms with Gasteiger partial charge in [0.25, 0.3) is 5.91 Å². The second-order valence-corrected chi connectivity index (χ2v) is 4.41. The number of nitrogens with one attached hydrogen (secondary N) is 1. The molecule has 96 valence electrons. The molecule has 1 aromatic rings. The molecule has 0 aliphatic heterocycles. The van der Waals surface area contributed by atoms with Crippen molar-refractivity contribution < 1.29 is 4.79 Å². The first-order valence-corrected chi connectivity index (χ1v) is 6.58. The minimum atomic E-state index is -0.182. The molecule has 1 N–H and O–H groups in total. The fraction of sp³-hybridized carbons (Fsp3) is 0.667.